The first-order chi connectivity index (χ1) is 16.3. The number of carbonyl (C=O) groups excluding carboxylic acids is 1. The summed E-state index contributed by atoms with van der Waals surface area (Å²) in [5, 5.41) is 1.93. The van der Waals surface area contributed by atoms with E-state index in [9.17, 15) is 9.59 Å². The number of esters is 1. The van der Waals surface area contributed by atoms with Gasteiger partial charge in [-0.3, -0.25) is 9.36 Å². The zero-order chi connectivity index (χ0) is 24.4. The summed E-state index contributed by atoms with van der Waals surface area (Å²) in [6, 6.07) is 8.64. The number of fused-ring (bicyclic) bond motifs is 1. The Hall–Kier alpha value is -3.17. The van der Waals surface area contributed by atoms with E-state index < -0.39 is 12.0 Å². The highest BCUT2D eigenvalue weighted by molar-refractivity contribution is 7.10. The summed E-state index contributed by atoms with van der Waals surface area (Å²) in [5.41, 5.74) is 1.43. The summed E-state index contributed by atoms with van der Waals surface area (Å²) in [7, 11) is 3.17. The molecule has 0 fully saturated rings. The molecule has 0 saturated heterocycles. The SMILES string of the molecule is COc1ccc(OC)c(/C=c2/sc3n(c2=O)C(c2cccs2)C(C(=O)OCC(C)C)=C(C)N=3)c1. The Kier molecular flexibility index (Phi) is 7.04. The number of aromatic nitrogens is 1. The van der Waals surface area contributed by atoms with Crippen LogP contribution in [0.25, 0.3) is 6.08 Å². The molecular formula is C25H26N2O5S2. The van der Waals surface area contributed by atoms with E-state index in [0.717, 1.165) is 4.88 Å². The molecule has 0 saturated carbocycles. The quantitative estimate of drug-likeness (QED) is 0.466. The van der Waals surface area contributed by atoms with E-state index in [1.54, 1.807) is 43.9 Å². The maximum absolute atomic E-state index is 13.7. The third-order valence-corrected chi connectivity index (χ3v) is 7.23. The summed E-state index contributed by atoms with van der Waals surface area (Å²) >= 11 is 2.76. The Balaban J connectivity index is 1.89. The van der Waals surface area contributed by atoms with Crippen molar-refractivity contribution < 1.29 is 19.0 Å². The molecule has 0 amide bonds. The molecule has 4 rings (SSSR count). The Morgan fingerprint density at radius 1 is 1.24 bits per heavy atom. The fourth-order valence-corrected chi connectivity index (χ4v) is 5.57. The van der Waals surface area contributed by atoms with Crippen molar-refractivity contribution in [2.75, 3.05) is 20.8 Å². The van der Waals surface area contributed by atoms with Crippen molar-refractivity contribution in [1.29, 1.82) is 0 Å². The molecule has 0 radical (unpaired) electrons. The van der Waals surface area contributed by atoms with Crippen molar-refractivity contribution in [2.24, 2.45) is 10.9 Å². The largest absolute Gasteiger partial charge is 0.497 e. The second kappa shape index (κ2) is 9.99. The van der Waals surface area contributed by atoms with Crippen LogP contribution < -0.4 is 24.4 Å². The van der Waals surface area contributed by atoms with Crippen molar-refractivity contribution in [3.05, 3.63) is 77.1 Å². The average Bonchev–Trinajstić information content (AvgIpc) is 3.45. The lowest BCUT2D eigenvalue weighted by Crippen LogP contribution is -2.39. The normalized spacial score (nSPS) is 15.8. The number of nitrogens with zero attached hydrogens (tertiary/aromatic N) is 2. The minimum Gasteiger partial charge on any atom is -0.497 e. The molecule has 34 heavy (non-hydrogen) atoms. The number of rotatable bonds is 7. The lowest BCUT2D eigenvalue weighted by Gasteiger charge is -2.23. The van der Waals surface area contributed by atoms with Gasteiger partial charge in [0, 0.05) is 10.4 Å². The summed E-state index contributed by atoms with van der Waals surface area (Å²) in [6.07, 6.45) is 1.77. The molecule has 0 bridgehead atoms. The molecule has 1 aliphatic heterocycles. The van der Waals surface area contributed by atoms with Crippen LogP contribution in [0, 0.1) is 5.92 Å². The van der Waals surface area contributed by atoms with Gasteiger partial charge in [0.05, 0.1) is 36.6 Å². The maximum atomic E-state index is 13.7. The van der Waals surface area contributed by atoms with Crippen LogP contribution in [-0.4, -0.2) is 31.4 Å². The predicted octanol–water partition coefficient (Wildman–Crippen LogP) is 3.51. The first kappa shape index (κ1) is 24.0. The van der Waals surface area contributed by atoms with Crippen molar-refractivity contribution in [1.82, 2.24) is 4.57 Å². The lowest BCUT2D eigenvalue weighted by molar-refractivity contribution is -0.140. The van der Waals surface area contributed by atoms with Crippen LogP contribution in [0.2, 0.25) is 0 Å². The van der Waals surface area contributed by atoms with Gasteiger partial charge >= 0.3 is 5.97 Å². The Morgan fingerprint density at radius 2 is 2.03 bits per heavy atom. The van der Waals surface area contributed by atoms with Crippen molar-refractivity contribution in [2.45, 2.75) is 26.8 Å². The number of carbonyl (C=O) groups is 1. The van der Waals surface area contributed by atoms with E-state index in [-0.39, 0.29) is 11.5 Å². The zero-order valence-corrected chi connectivity index (χ0v) is 21.3. The maximum Gasteiger partial charge on any atom is 0.338 e. The van der Waals surface area contributed by atoms with Gasteiger partial charge in [-0.1, -0.05) is 31.3 Å². The minimum absolute atomic E-state index is 0.198. The number of ether oxygens (including phenoxy) is 3. The van der Waals surface area contributed by atoms with E-state index in [4.69, 9.17) is 14.2 Å². The lowest BCUT2D eigenvalue weighted by atomic mass is 10.0. The fraction of sp³-hybridized carbons (Fsp3) is 0.320. The smallest absolute Gasteiger partial charge is 0.338 e. The van der Waals surface area contributed by atoms with Crippen LogP contribution in [-0.2, 0) is 9.53 Å². The van der Waals surface area contributed by atoms with Gasteiger partial charge in [-0.25, -0.2) is 9.79 Å². The number of methoxy groups -OCH3 is 2. The van der Waals surface area contributed by atoms with Gasteiger partial charge in [-0.2, -0.15) is 0 Å². The fourth-order valence-electron chi connectivity index (χ4n) is 3.71. The summed E-state index contributed by atoms with van der Waals surface area (Å²) in [5.74, 6) is 1.03. The van der Waals surface area contributed by atoms with Gasteiger partial charge in [0.25, 0.3) is 5.56 Å². The second-order valence-electron chi connectivity index (χ2n) is 8.20. The topological polar surface area (TPSA) is 79.1 Å². The van der Waals surface area contributed by atoms with E-state index in [0.29, 0.717) is 44.3 Å². The molecule has 9 heteroatoms. The molecule has 1 unspecified atom stereocenters. The molecule has 1 atom stereocenters. The third kappa shape index (κ3) is 4.58. The molecule has 0 N–H and O–H groups in total. The van der Waals surface area contributed by atoms with Crippen molar-refractivity contribution in [3.63, 3.8) is 0 Å². The van der Waals surface area contributed by atoms with Gasteiger partial charge in [0.2, 0.25) is 0 Å². The molecule has 178 valence electrons. The van der Waals surface area contributed by atoms with Crippen LogP contribution in [0.4, 0.5) is 0 Å². The van der Waals surface area contributed by atoms with Crippen LogP contribution in [0.5, 0.6) is 11.5 Å². The number of thiophene rings is 1. The highest BCUT2D eigenvalue weighted by Gasteiger charge is 2.34. The first-order valence-corrected chi connectivity index (χ1v) is 12.5. The number of hydrogen-bond acceptors (Lipinski definition) is 8. The van der Waals surface area contributed by atoms with E-state index in [1.165, 1.54) is 22.7 Å². The van der Waals surface area contributed by atoms with Crippen molar-refractivity contribution in [3.8, 4) is 11.5 Å². The highest BCUT2D eigenvalue weighted by Crippen LogP contribution is 2.33. The standard InChI is InChI=1S/C25H26N2O5S2/c1-14(2)13-32-24(29)21-15(3)26-25-27(22(21)19-7-6-10-33-19)23(28)20(34-25)12-16-11-17(30-4)8-9-18(16)31-5/h6-12,14,22H,13H2,1-5H3/b20-12+. The first-order valence-electron chi connectivity index (χ1n) is 10.8. The Morgan fingerprint density at radius 3 is 2.68 bits per heavy atom. The number of thiazole rings is 1. The predicted molar refractivity (Wildman–Crippen MR) is 133 cm³/mol. The molecule has 3 aromatic rings. The molecule has 2 aromatic heterocycles. The van der Waals surface area contributed by atoms with Gasteiger partial charge in [-0.05, 0) is 48.6 Å². The average molecular weight is 499 g/mol. The van der Waals surface area contributed by atoms with Crippen LogP contribution in [0.1, 0.15) is 37.3 Å². The monoisotopic (exact) mass is 498 g/mol. The van der Waals surface area contributed by atoms with Crippen LogP contribution in [0.3, 0.4) is 0 Å². The van der Waals surface area contributed by atoms with Crippen LogP contribution in [0.15, 0.2) is 56.8 Å². The molecule has 1 aliphatic rings. The number of benzene rings is 1. The van der Waals surface area contributed by atoms with Gasteiger partial charge in [-0.15, -0.1) is 11.3 Å². The summed E-state index contributed by atoms with van der Waals surface area (Å²) < 4.78 is 18.4. The second-order valence-corrected chi connectivity index (χ2v) is 10.2. The van der Waals surface area contributed by atoms with E-state index >= 15 is 0 Å². The molecule has 0 aliphatic carbocycles. The molecule has 3 heterocycles. The molecule has 0 spiro atoms. The third-order valence-electron chi connectivity index (χ3n) is 5.33. The van der Waals surface area contributed by atoms with E-state index in [1.807, 2.05) is 37.4 Å². The summed E-state index contributed by atoms with van der Waals surface area (Å²) in [6.45, 7) is 6.04. The zero-order valence-electron chi connectivity index (χ0n) is 19.7. The summed E-state index contributed by atoms with van der Waals surface area (Å²) in [4.78, 5) is 32.8. The Labute approximate surface area is 205 Å². The van der Waals surface area contributed by atoms with Gasteiger partial charge in [0.15, 0.2) is 4.80 Å². The number of allylic oxidation sites excluding steroid dienone is 1. The molecule has 1 aromatic carbocycles. The van der Waals surface area contributed by atoms with Crippen molar-refractivity contribution >= 4 is 34.7 Å². The minimum atomic E-state index is -0.592. The molecule has 7 nitrogen and oxygen atoms in total. The van der Waals surface area contributed by atoms with E-state index in [2.05, 4.69) is 4.99 Å². The van der Waals surface area contributed by atoms with Crippen LogP contribution >= 0.6 is 22.7 Å². The molecular weight excluding hydrogens is 472 g/mol. The highest BCUT2D eigenvalue weighted by atomic mass is 32.1. The van der Waals surface area contributed by atoms with Gasteiger partial charge < -0.3 is 14.2 Å². The van der Waals surface area contributed by atoms with Gasteiger partial charge in [0.1, 0.15) is 17.5 Å². The number of hydrogen-bond donors (Lipinski definition) is 0. The Bertz CT molecular complexity index is 1410.